The molecule has 30 heavy (non-hydrogen) atoms. The molecule has 2 N–H and O–H groups in total. The molecule has 0 atom stereocenters. The number of fused-ring (bicyclic) bond motifs is 1. The number of anilines is 1. The molecule has 0 aliphatic carbocycles. The first-order valence-corrected chi connectivity index (χ1v) is 11.0. The van der Waals surface area contributed by atoms with Crippen LogP contribution in [0.25, 0.3) is 10.9 Å². The average Bonchev–Trinajstić information content (AvgIpc) is 2.70. The van der Waals surface area contributed by atoms with Crippen LogP contribution in [0.1, 0.15) is 59.4 Å². The van der Waals surface area contributed by atoms with Gasteiger partial charge in [-0.1, -0.05) is 25.5 Å². The van der Waals surface area contributed by atoms with Gasteiger partial charge in [-0.15, -0.1) is 0 Å². The van der Waals surface area contributed by atoms with Crippen LogP contribution in [0.4, 0.5) is 10.5 Å². The molecule has 1 aliphatic rings. The zero-order valence-electron chi connectivity index (χ0n) is 19.3. The second-order valence-electron chi connectivity index (χ2n) is 8.67. The van der Waals surface area contributed by atoms with Gasteiger partial charge in [0.2, 0.25) is 0 Å². The molecule has 166 valence electrons. The molecule has 1 aromatic carbocycles. The number of likely N-dealkylation sites (tertiary alicyclic amines) is 1. The molecule has 2 heterocycles. The quantitative estimate of drug-likeness (QED) is 0.667. The standard InChI is InChI=1S/C22H31N3O3.C2H6/c1-15-5-6-18-17(13-15)20(19(26)14-24-18)23-10-7-16-8-11-25(12-9-16)21(27)28-22(2,3)4;1-2/h5-6,13-14,16,26H,7-12H2,1-4H3,(H,23,24);1-2H3. The summed E-state index contributed by atoms with van der Waals surface area (Å²) in [5.74, 6) is 0.737. The maximum Gasteiger partial charge on any atom is 0.410 e. The van der Waals surface area contributed by atoms with Crippen LogP contribution in [-0.4, -0.2) is 46.3 Å². The van der Waals surface area contributed by atoms with Crippen molar-refractivity contribution in [3.63, 3.8) is 0 Å². The number of amides is 1. The zero-order valence-corrected chi connectivity index (χ0v) is 19.3. The van der Waals surface area contributed by atoms with Gasteiger partial charge in [0.05, 0.1) is 17.4 Å². The lowest BCUT2D eigenvalue weighted by molar-refractivity contribution is 0.0182. The number of aromatic hydroxyl groups is 1. The van der Waals surface area contributed by atoms with Gasteiger partial charge >= 0.3 is 6.09 Å². The van der Waals surface area contributed by atoms with Crippen LogP contribution in [0.15, 0.2) is 24.4 Å². The topological polar surface area (TPSA) is 74.7 Å². The minimum Gasteiger partial charge on any atom is -0.504 e. The molecule has 3 rings (SSSR count). The Hall–Kier alpha value is -2.50. The Morgan fingerprint density at radius 2 is 1.93 bits per heavy atom. The van der Waals surface area contributed by atoms with Crippen molar-refractivity contribution in [2.24, 2.45) is 5.92 Å². The van der Waals surface area contributed by atoms with Gasteiger partial charge in [-0.2, -0.15) is 0 Å². The van der Waals surface area contributed by atoms with E-state index < -0.39 is 5.60 Å². The van der Waals surface area contributed by atoms with E-state index in [2.05, 4.69) is 10.3 Å². The number of piperidine rings is 1. The number of nitrogens with one attached hydrogen (secondary N) is 1. The fourth-order valence-corrected chi connectivity index (χ4v) is 3.61. The summed E-state index contributed by atoms with van der Waals surface area (Å²) in [4.78, 5) is 18.3. The molecular formula is C24H37N3O3. The van der Waals surface area contributed by atoms with Gasteiger partial charge in [0, 0.05) is 25.0 Å². The molecule has 1 saturated heterocycles. The number of hydrogen-bond donors (Lipinski definition) is 2. The number of pyridine rings is 1. The predicted octanol–water partition coefficient (Wildman–Crippen LogP) is 5.72. The van der Waals surface area contributed by atoms with Crippen molar-refractivity contribution in [2.75, 3.05) is 25.0 Å². The molecular weight excluding hydrogens is 378 g/mol. The number of carbonyl (C=O) groups is 1. The normalized spacial score (nSPS) is 14.8. The maximum absolute atomic E-state index is 12.2. The van der Waals surface area contributed by atoms with E-state index >= 15 is 0 Å². The number of aromatic nitrogens is 1. The van der Waals surface area contributed by atoms with E-state index in [9.17, 15) is 9.90 Å². The Balaban J connectivity index is 0.00000155. The Bertz CT molecular complexity index is 832. The highest BCUT2D eigenvalue weighted by molar-refractivity contribution is 5.94. The molecule has 0 bridgehead atoms. The molecule has 0 unspecified atom stereocenters. The summed E-state index contributed by atoms with van der Waals surface area (Å²) in [7, 11) is 0. The molecule has 6 nitrogen and oxygen atoms in total. The lowest BCUT2D eigenvalue weighted by Gasteiger charge is -2.33. The third-order valence-electron chi connectivity index (χ3n) is 5.12. The monoisotopic (exact) mass is 415 g/mol. The molecule has 0 saturated carbocycles. The van der Waals surface area contributed by atoms with Gasteiger partial charge in [0.15, 0.2) is 5.75 Å². The fourth-order valence-electron chi connectivity index (χ4n) is 3.61. The Labute approximate surface area is 180 Å². The number of carbonyl (C=O) groups excluding carboxylic acids is 1. The van der Waals surface area contributed by atoms with E-state index in [4.69, 9.17) is 4.74 Å². The van der Waals surface area contributed by atoms with E-state index in [1.165, 1.54) is 6.20 Å². The first-order chi connectivity index (χ1) is 14.2. The van der Waals surface area contributed by atoms with E-state index in [0.717, 1.165) is 61.1 Å². The van der Waals surface area contributed by atoms with Crippen molar-refractivity contribution in [2.45, 2.75) is 66.4 Å². The van der Waals surface area contributed by atoms with Crippen molar-refractivity contribution in [3.8, 4) is 5.75 Å². The van der Waals surface area contributed by atoms with Gasteiger partial charge in [-0.05, 0) is 65.0 Å². The van der Waals surface area contributed by atoms with Crippen molar-refractivity contribution < 1.29 is 14.6 Å². The summed E-state index contributed by atoms with van der Waals surface area (Å²) in [5, 5.41) is 14.6. The second kappa shape index (κ2) is 10.5. The van der Waals surface area contributed by atoms with E-state index in [1.54, 1.807) is 4.90 Å². The molecule has 6 heteroatoms. The number of ether oxygens (including phenoxy) is 1. The lowest BCUT2D eigenvalue weighted by Crippen LogP contribution is -2.41. The molecule has 1 aliphatic heterocycles. The minimum absolute atomic E-state index is 0.179. The third-order valence-corrected chi connectivity index (χ3v) is 5.12. The van der Waals surface area contributed by atoms with Crippen LogP contribution in [0.5, 0.6) is 5.75 Å². The minimum atomic E-state index is -0.453. The van der Waals surface area contributed by atoms with Gasteiger partial charge in [0.25, 0.3) is 0 Å². The smallest absolute Gasteiger partial charge is 0.410 e. The van der Waals surface area contributed by atoms with Crippen LogP contribution in [0.3, 0.4) is 0 Å². The van der Waals surface area contributed by atoms with Gasteiger partial charge < -0.3 is 20.1 Å². The molecule has 1 aromatic heterocycles. The van der Waals surface area contributed by atoms with Crippen molar-refractivity contribution in [3.05, 3.63) is 30.0 Å². The number of rotatable bonds is 4. The number of nitrogens with zero attached hydrogens (tertiary/aromatic N) is 2. The molecule has 1 fully saturated rings. The lowest BCUT2D eigenvalue weighted by atomic mass is 9.93. The van der Waals surface area contributed by atoms with Crippen LogP contribution in [0, 0.1) is 12.8 Å². The highest BCUT2D eigenvalue weighted by atomic mass is 16.6. The highest BCUT2D eigenvalue weighted by Crippen LogP contribution is 2.32. The average molecular weight is 416 g/mol. The summed E-state index contributed by atoms with van der Waals surface area (Å²) in [5.41, 5.74) is 2.31. The zero-order chi connectivity index (χ0) is 22.3. The maximum atomic E-state index is 12.2. The molecule has 0 spiro atoms. The van der Waals surface area contributed by atoms with Crippen molar-refractivity contribution in [1.29, 1.82) is 0 Å². The summed E-state index contributed by atoms with van der Waals surface area (Å²) in [6.45, 7) is 14.0. The van der Waals surface area contributed by atoms with Gasteiger partial charge in [-0.25, -0.2) is 4.79 Å². The Morgan fingerprint density at radius 3 is 2.57 bits per heavy atom. The fraction of sp³-hybridized carbons (Fsp3) is 0.583. The number of hydrogen-bond acceptors (Lipinski definition) is 5. The van der Waals surface area contributed by atoms with E-state index in [1.807, 2.05) is 59.7 Å². The summed E-state index contributed by atoms with van der Waals surface area (Å²) in [6, 6.07) is 6.04. The molecule has 2 aromatic rings. The highest BCUT2D eigenvalue weighted by Gasteiger charge is 2.26. The van der Waals surface area contributed by atoms with Crippen LogP contribution in [0.2, 0.25) is 0 Å². The number of aryl methyl sites for hydroxylation is 1. The first-order valence-electron chi connectivity index (χ1n) is 11.0. The van der Waals surface area contributed by atoms with Crippen molar-refractivity contribution >= 4 is 22.7 Å². The molecule has 0 radical (unpaired) electrons. The second-order valence-corrected chi connectivity index (χ2v) is 8.67. The Kier molecular flexibility index (Phi) is 8.33. The van der Waals surface area contributed by atoms with Crippen LogP contribution < -0.4 is 5.32 Å². The van der Waals surface area contributed by atoms with Gasteiger partial charge in [0.1, 0.15) is 5.60 Å². The Morgan fingerprint density at radius 1 is 1.27 bits per heavy atom. The van der Waals surface area contributed by atoms with E-state index in [0.29, 0.717) is 5.92 Å². The predicted molar refractivity (Wildman–Crippen MR) is 123 cm³/mol. The van der Waals surface area contributed by atoms with Crippen LogP contribution >= 0.6 is 0 Å². The third kappa shape index (κ3) is 6.51. The van der Waals surface area contributed by atoms with E-state index in [-0.39, 0.29) is 11.8 Å². The van der Waals surface area contributed by atoms with Crippen molar-refractivity contribution in [1.82, 2.24) is 9.88 Å². The number of benzene rings is 1. The summed E-state index contributed by atoms with van der Waals surface area (Å²) in [6.07, 6.45) is 4.23. The first kappa shape index (κ1) is 23.8. The summed E-state index contributed by atoms with van der Waals surface area (Å²) >= 11 is 0. The SMILES string of the molecule is CC.Cc1ccc2ncc(O)c(NCCC3CCN(C(=O)OC(C)(C)C)CC3)c2c1. The van der Waals surface area contributed by atoms with Gasteiger partial charge in [-0.3, -0.25) is 4.98 Å². The molecule has 1 amide bonds. The summed E-state index contributed by atoms with van der Waals surface area (Å²) < 4.78 is 5.46. The van der Waals surface area contributed by atoms with Crippen LogP contribution in [-0.2, 0) is 4.74 Å². The largest absolute Gasteiger partial charge is 0.504 e.